The molecule has 1 atom stereocenters. The van der Waals surface area contributed by atoms with Gasteiger partial charge in [-0.05, 0) is 37.3 Å². The quantitative estimate of drug-likeness (QED) is 0.587. The molecule has 0 saturated heterocycles. The summed E-state index contributed by atoms with van der Waals surface area (Å²) in [5.74, 6) is -1.87. The third-order valence-electron chi connectivity index (χ3n) is 3.71. The summed E-state index contributed by atoms with van der Waals surface area (Å²) >= 11 is 5.78. The minimum atomic E-state index is -4.60. The number of amides is 2. The number of rotatable bonds is 7. The van der Waals surface area contributed by atoms with Crippen molar-refractivity contribution in [1.82, 2.24) is 10.0 Å². The Balaban J connectivity index is 2.11. The van der Waals surface area contributed by atoms with Gasteiger partial charge in [0.1, 0.15) is 6.54 Å². The normalized spacial score (nSPS) is 12.8. The van der Waals surface area contributed by atoms with Gasteiger partial charge >= 0.3 is 6.18 Å². The van der Waals surface area contributed by atoms with Crippen LogP contribution in [-0.4, -0.2) is 39.0 Å². The molecule has 0 aliphatic heterocycles. The maximum absolute atomic E-state index is 12.4. The van der Waals surface area contributed by atoms with Crippen LogP contribution in [0.25, 0.3) is 0 Å². The average molecular weight is 464 g/mol. The largest absolute Gasteiger partial charge is 0.405 e. The number of sulfonamides is 1. The predicted molar refractivity (Wildman–Crippen MR) is 105 cm³/mol. The van der Waals surface area contributed by atoms with Gasteiger partial charge in [-0.2, -0.15) is 17.9 Å². The molecule has 0 heterocycles. The van der Waals surface area contributed by atoms with E-state index in [-0.39, 0.29) is 21.2 Å². The molecule has 30 heavy (non-hydrogen) atoms. The molecule has 0 aliphatic carbocycles. The van der Waals surface area contributed by atoms with E-state index in [9.17, 15) is 31.2 Å². The first-order valence-electron chi connectivity index (χ1n) is 8.42. The molecule has 2 aromatic rings. The SMILES string of the molecule is C[C@H](NS(=O)(=O)c1cccc(Cl)c1)C(=O)Nc1ccccc1C(=O)NCC(F)(F)F. The van der Waals surface area contributed by atoms with Crippen LogP contribution in [0, 0.1) is 0 Å². The summed E-state index contributed by atoms with van der Waals surface area (Å²) in [4.78, 5) is 24.3. The first-order valence-corrected chi connectivity index (χ1v) is 10.3. The maximum atomic E-state index is 12.4. The van der Waals surface area contributed by atoms with Crippen LogP contribution in [0.3, 0.4) is 0 Å². The van der Waals surface area contributed by atoms with Crippen LogP contribution in [0.4, 0.5) is 18.9 Å². The number of alkyl halides is 3. The lowest BCUT2D eigenvalue weighted by Crippen LogP contribution is -2.42. The minimum absolute atomic E-state index is 0.0732. The smallest absolute Gasteiger partial charge is 0.343 e. The van der Waals surface area contributed by atoms with Crippen molar-refractivity contribution in [3.8, 4) is 0 Å². The van der Waals surface area contributed by atoms with Gasteiger partial charge < -0.3 is 10.6 Å². The number of para-hydroxylation sites is 1. The second-order valence-electron chi connectivity index (χ2n) is 6.13. The molecule has 0 unspecified atom stereocenters. The Hall–Kier alpha value is -2.63. The molecular formula is C18H17ClF3N3O4S. The molecule has 0 aromatic heterocycles. The van der Waals surface area contributed by atoms with Crippen molar-refractivity contribution >= 4 is 39.1 Å². The lowest BCUT2D eigenvalue weighted by atomic mass is 10.1. The van der Waals surface area contributed by atoms with Crippen LogP contribution in [0.2, 0.25) is 5.02 Å². The fourth-order valence-corrected chi connectivity index (χ4v) is 3.80. The van der Waals surface area contributed by atoms with Crippen LogP contribution in [0.15, 0.2) is 53.4 Å². The Kier molecular flexibility index (Phi) is 7.45. The van der Waals surface area contributed by atoms with Crippen LogP contribution >= 0.6 is 11.6 Å². The van der Waals surface area contributed by atoms with Gasteiger partial charge in [0, 0.05) is 5.02 Å². The fraction of sp³-hybridized carbons (Fsp3) is 0.222. The van der Waals surface area contributed by atoms with E-state index in [4.69, 9.17) is 11.6 Å². The molecule has 0 bridgehead atoms. The number of carbonyl (C=O) groups excluding carboxylic acids is 2. The van der Waals surface area contributed by atoms with Gasteiger partial charge in [0.05, 0.1) is 22.2 Å². The molecular weight excluding hydrogens is 447 g/mol. The number of nitrogens with one attached hydrogen (secondary N) is 3. The summed E-state index contributed by atoms with van der Waals surface area (Å²) in [6.07, 6.45) is -4.60. The molecule has 12 heteroatoms. The average Bonchev–Trinajstić information content (AvgIpc) is 2.65. The number of halogens is 4. The summed E-state index contributed by atoms with van der Waals surface area (Å²) in [5.41, 5.74) is -0.282. The zero-order chi connectivity index (χ0) is 22.5. The number of benzene rings is 2. The summed E-state index contributed by atoms with van der Waals surface area (Å²) in [6.45, 7) is -0.270. The highest BCUT2D eigenvalue weighted by molar-refractivity contribution is 7.89. The van der Waals surface area contributed by atoms with Crippen molar-refractivity contribution in [2.45, 2.75) is 24.0 Å². The van der Waals surface area contributed by atoms with Gasteiger partial charge in [0.25, 0.3) is 5.91 Å². The van der Waals surface area contributed by atoms with E-state index in [2.05, 4.69) is 10.0 Å². The van der Waals surface area contributed by atoms with Gasteiger partial charge in [0.2, 0.25) is 15.9 Å². The maximum Gasteiger partial charge on any atom is 0.405 e. The second-order valence-corrected chi connectivity index (χ2v) is 8.28. The van der Waals surface area contributed by atoms with Gasteiger partial charge in [-0.15, -0.1) is 0 Å². The summed E-state index contributed by atoms with van der Waals surface area (Å²) in [7, 11) is -4.07. The Morgan fingerprint density at radius 3 is 2.40 bits per heavy atom. The minimum Gasteiger partial charge on any atom is -0.343 e. The van der Waals surface area contributed by atoms with Crippen LogP contribution < -0.4 is 15.4 Å². The molecule has 2 amide bonds. The number of anilines is 1. The molecule has 7 nitrogen and oxygen atoms in total. The molecule has 2 rings (SSSR count). The highest BCUT2D eigenvalue weighted by atomic mass is 35.5. The van der Waals surface area contributed by atoms with E-state index in [0.717, 1.165) is 0 Å². The summed E-state index contributed by atoms with van der Waals surface area (Å²) in [5, 5.41) is 4.24. The first kappa shape index (κ1) is 23.6. The van der Waals surface area contributed by atoms with E-state index in [1.165, 1.54) is 55.5 Å². The van der Waals surface area contributed by atoms with Gasteiger partial charge in [0.15, 0.2) is 0 Å². The highest BCUT2D eigenvalue weighted by Crippen LogP contribution is 2.18. The van der Waals surface area contributed by atoms with Gasteiger partial charge in [-0.25, -0.2) is 8.42 Å². The van der Waals surface area contributed by atoms with E-state index in [1.807, 2.05) is 0 Å². The van der Waals surface area contributed by atoms with E-state index in [1.54, 1.807) is 5.32 Å². The number of carbonyl (C=O) groups is 2. The monoisotopic (exact) mass is 463 g/mol. The molecule has 2 aromatic carbocycles. The molecule has 0 saturated carbocycles. The van der Waals surface area contributed by atoms with Gasteiger partial charge in [-0.1, -0.05) is 29.8 Å². The Labute approximate surface area is 175 Å². The van der Waals surface area contributed by atoms with Crippen LogP contribution in [-0.2, 0) is 14.8 Å². The predicted octanol–water partition coefficient (Wildman–Crippen LogP) is 2.94. The lowest BCUT2D eigenvalue weighted by molar-refractivity contribution is -0.123. The summed E-state index contributed by atoms with van der Waals surface area (Å²) in [6, 6.07) is 9.53. The van der Waals surface area contributed by atoms with Crippen molar-refractivity contribution < 1.29 is 31.2 Å². The number of hydrogen-bond acceptors (Lipinski definition) is 4. The Bertz CT molecular complexity index is 1040. The third-order valence-corrected chi connectivity index (χ3v) is 5.48. The zero-order valence-electron chi connectivity index (χ0n) is 15.5. The molecule has 0 spiro atoms. The molecule has 162 valence electrons. The molecule has 0 radical (unpaired) electrons. The first-order chi connectivity index (χ1) is 13.9. The van der Waals surface area contributed by atoms with E-state index >= 15 is 0 Å². The van der Waals surface area contributed by atoms with Gasteiger partial charge in [-0.3, -0.25) is 9.59 Å². The Morgan fingerprint density at radius 2 is 1.77 bits per heavy atom. The fourth-order valence-electron chi connectivity index (χ4n) is 2.30. The second kappa shape index (κ2) is 9.45. The third kappa shape index (κ3) is 6.71. The standard InChI is InChI=1S/C18H17ClF3N3O4S/c1-11(25-30(28,29)13-6-4-5-12(19)9-13)16(26)24-15-8-3-2-7-14(15)17(27)23-10-18(20,21)22/h2-9,11,25H,10H2,1H3,(H,23,27)(H,24,26)/t11-/m0/s1. The van der Waals surface area contributed by atoms with Crippen LogP contribution in [0.1, 0.15) is 17.3 Å². The topological polar surface area (TPSA) is 104 Å². The van der Waals surface area contributed by atoms with Crippen LogP contribution in [0.5, 0.6) is 0 Å². The van der Waals surface area contributed by atoms with E-state index < -0.39 is 40.6 Å². The Morgan fingerprint density at radius 1 is 1.10 bits per heavy atom. The summed E-state index contributed by atoms with van der Waals surface area (Å²) < 4.78 is 63.9. The highest BCUT2D eigenvalue weighted by Gasteiger charge is 2.29. The van der Waals surface area contributed by atoms with E-state index in [0.29, 0.717) is 0 Å². The van der Waals surface area contributed by atoms with Crippen molar-refractivity contribution in [2.75, 3.05) is 11.9 Å². The van der Waals surface area contributed by atoms with Crippen molar-refractivity contribution in [1.29, 1.82) is 0 Å². The number of hydrogen-bond donors (Lipinski definition) is 3. The zero-order valence-corrected chi connectivity index (χ0v) is 17.0. The van der Waals surface area contributed by atoms with Crippen molar-refractivity contribution in [3.63, 3.8) is 0 Å². The van der Waals surface area contributed by atoms with Crippen molar-refractivity contribution in [3.05, 3.63) is 59.1 Å². The molecule has 3 N–H and O–H groups in total. The lowest BCUT2D eigenvalue weighted by Gasteiger charge is -2.16. The molecule has 0 aliphatic rings. The van der Waals surface area contributed by atoms with Crippen molar-refractivity contribution in [2.24, 2.45) is 0 Å². The molecule has 0 fully saturated rings.